The number of hydrogen-bond donors (Lipinski definition) is 0. The molecule has 1 aromatic rings. The van der Waals surface area contributed by atoms with Crippen LogP contribution in [0.25, 0.3) is 0 Å². The van der Waals surface area contributed by atoms with E-state index in [9.17, 15) is 9.59 Å². The molecule has 1 saturated heterocycles. The first kappa shape index (κ1) is 13.4. The molecule has 3 nitrogen and oxygen atoms in total. The van der Waals surface area contributed by atoms with Gasteiger partial charge < -0.3 is 0 Å². The molecular formula is C14H13ClINO2. The Morgan fingerprint density at radius 1 is 1.11 bits per heavy atom. The average Bonchev–Trinajstić information content (AvgIpc) is 2.66. The summed E-state index contributed by atoms with van der Waals surface area (Å²) in [6.07, 6.45) is 3.76. The number of nitrogens with zero attached hydrogens (tertiary/aromatic N) is 1. The second-order valence-corrected chi connectivity index (χ2v) is 6.68. The fourth-order valence-corrected chi connectivity index (χ4v) is 3.55. The molecule has 3 rings (SSSR count). The summed E-state index contributed by atoms with van der Waals surface area (Å²) in [5, 5.41) is 0.577. The fraction of sp³-hybridized carbons (Fsp3) is 0.429. The molecule has 0 aromatic heterocycles. The highest BCUT2D eigenvalue weighted by Gasteiger charge is 2.48. The number of halogens is 2. The van der Waals surface area contributed by atoms with Crippen LogP contribution in [-0.2, 0) is 9.59 Å². The molecule has 19 heavy (non-hydrogen) atoms. The van der Waals surface area contributed by atoms with E-state index < -0.39 is 0 Å². The van der Waals surface area contributed by atoms with E-state index in [1.54, 1.807) is 12.1 Å². The van der Waals surface area contributed by atoms with Crippen molar-refractivity contribution >= 4 is 51.7 Å². The molecule has 1 aliphatic heterocycles. The Bertz CT molecular complexity index is 536. The van der Waals surface area contributed by atoms with Crippen LogP contribution in [0.2, 0.25) is 5.02 Å². The highest BCUT2D eigenvalue weighted by atomic mass is 127. The minimum Gasteiger partial charge on any atom is -0.274 e. The standard InChI is InChI=1S/C14H13ClINO2/c15-11-7-8(5-6-12(11)16)17-13(18)9-3-1-2-4-10(9)14(17)19/h5-7,9-10H,1-4H2. The van der Waals surface area contributed by atoms with Gasteiger partial charge in [-0.15, -0.1) is 0 Å². The quantitative estimate of drug-likeness (QED) is 0.543. The van der Waals surface area contributed by atoms with Gasteiger partial charge in [0.1, 0.15) is 0 Å². The maximum absolute atomic E-state index is 12.4. The molecule has 2 fully saturated rings. The van der Waals surface area contributed by atoms with Gasteiger partial charge in [-0.25, -0.2) is 0 Å². The second-order valence-electron chi connectivity index (χ2n) is 5.11. The molecule has 1 saturated carbocycles. The molecule has 100 valence electrons. The van der Waals surface area contributed by atoms with E-state index in [0.29, 0.717) is 10.7 Å². The molecule has 0 spiro atoms. The van der Waals surface area contributed by atoms with Gasteiger partial charge in [0.05, 0.1) is 22.5 Å². The molecule has 1 heterocycles. The van der Waals surface area contributed by atoms with Crippen LogP contribution in [0.5, 0.6) is 0 Å². The van der Waals surface area contributed by atoms with Crippen molar-refractivity contribution < 1.29 is 9.59 Å². The Labute approximate surface area is 130 Å². The predicted octanol–water partition coefficient (Wildman–Crippen LogP) is 3.62. The zero-order chi connectivity index (χ0) is 13.6. The topological polar surface area (TPSA) is 37.4 Å². The third kappa shape index (κ3) is 2.18. The van der Waals surface area contributed by atoms with E-state index in [-0.39, 0.29) is 23.7 Å². The third-order valence-corrected chi connectivity index (χ3v) is 5.57. The van der Waals surface area contributed by atoms with Gasteiger partial charge in [0.2, 0.25) is 11.8 Å². The molecule has 0 bridgehead atoms. The summed E-state index contributed by atoms with van der Waals surface area (Å²) in [4.78, 5) is 26.1. The number of amides is 2. The predicted molar refractivity (Wildman–Crippen MR) is 82.1 cm³/mol. The Balaban J connectivity index is 1.98. The van der Waals surface area contributed by atoms with E-state index in [0.717, 1.165) is 29.3 Å². The Morgan fingerprint density at radius 2 is 1.68 bits per heavy atom. The summed E-state index contributed by atoms with van der Waals surface area (Å²) >= 11 is 8.21. The van der Waals surface area contributed by atoms with Gasteiger partial charge >= 0.3 is 0 Å². The fourth-order valence-electron chi connectivity index (χ4n) is 3.04. The summed E-state index contributed by atoms with van der Waals surface area (Å²) in [5.41, 5.74) is 0.606. The van der Waals surface area contributed by atoms with E-state index in [4.69, 9.17) is 11.6 Å². The molecule has 1 aromatic carbocycles. The highest BCUT2D eigenvalue weighted by Crippen LogP contribution is 2.40. The monoisotopic (exact) mass is 389 g/mol. The third-order valence-electron chi connectivity index (χ3n) is 4.00. The molecule has 2 aliphatic rings. The lowest BCUT2D eigenvalue weighted by Crippen LogP contribution is -2.30. The average molecular weight is 390 g/mol. The maximum atomic E-state index is 12.4. The number of imide groups is 1. The largest absolute Gasteiger partial charge is 0.274 e. The lowest BCUT2D eigenvalue weighted by atomic mass is 9.81. The summed E-state index contributed by atoms with van der Waals surface area (Å²) in [6.45, 7) is 0. The van der Waals surface area contributed by atoms with Crippen LogP contribution < -0.4 is 4.90 Å². The first-order valence-electron chi connectivity index (χ1n) is 6.42. The molecule has 5 heteroatoms. The lowest BCUT2D eigenvalue weighted by Gasteiger charge is -2.19. The van der Waals surface area contributed by atoms with Crippen molar-refractivity contribution in [1.82, 2.24) is 0 Å². The van der Waals surface area contributed by atoms with Gasteiger partial charge in [-0.2, -0.15) is 0 Å². The number of anilines is 1. The van der Waals surface area contributed by atoms with Crippen LogP contribution in [-0.4, -0.2) is 11.8 Å². The number of fused-ring (bicyclic) bond motifs is 1. The van der Waals surface area contributed by atoms with Gasteiger partial charge in [-0.1, -0.05) is 24.4 Å². The van der Waals surface area contributed by atoms with Crippen LogP contribution in [0.4, 0.5) is 5.69 Å². The Hall–Kier alpha value is -0.620. The zero-order valence-corrected chi connectivity index (χ0v) is 13.1. The first-order valence-corrected chi connectivity index (χ1v) is 7.88. The summed E-state index contributed by atoms with van der Waals surface area (Å²) in [5.74, 6) is -0.322. The highest BCUT2D eigenvalue weighted by molar-refractivity contribution is 14.1. The second kappa shape index (κ2) is 5.05. The smallest absolute Gasteiger partial charge is 0.237 e. The van der Waals surface area contributed by atoms with E-state index in [1.807, 2.05) is 6.07 Å². The SMILES string of the molecule is O=C1C2CCCCC2C(=O)N1c1ccc(I)c(Cl)c1. The normalized spacial score (nSPS) is 26.7. The zero-order valence-electron chi connectivity index (χ0n) is 10.2. The molecule has 0 radical (unpaired) electrons. The van der Waals surface area contributed by atoms with Crippen LogP contribution in [0, 0.1) is 15.4 Å². The number of benzene rings is 1. The minimum absolute atomic E-state index is 0.0491. The summed E-state index contributed by atoms with van der Waals surface area (Å²) in [7, 11) is 0. The number of hydrogen-bond acceptors (Lipinski definition) is 2. The van der Waals surface area contributed by atoms with Gasteiger partial charge in [0, 0.05) is 3.57 Å². The molecular weight excluding hydrogens is 377 g/mol. The minimum atomic E-state index is -0.112. The van der Waals surface area contributed by atoms with Crippen LogP contribution >= 0.6 is 34.2 Å². The van der Waals surface area contributed by atoms with Crippen molar-refractivity contribution in [2.24, 2.45) is 11.8 Å². The van der Waals surface area contributed by atoms with Gasteiger partial charge in [0.25, 0.3) is 0 Å². The van der Waals surface area contributed by atoms with E-state index in [1.165, 1.54) is 4.90 Å². The van der Waals surface area contributed by atoms with Crippen molar-refractivity contribution in [2.45, 2.75) is 25.7 Å². The van der Waals surface area contributed by atoms with Crippen LogP contribution in [0.1, 0.15) is 25.7 Å². The van der Waals surface area contributed by atoms with Gasteiger partial charge in [-0.05, 0) is 53.6 Å². The van der Waals surface area contributed by atoms with Crippen molar-refractivity contribution in [1.29, 1.82) is 0 Å². The Morgan fingerprint density at radius 3 is 2.21 bits per heavy atom. The molecule has 2 unspecified atom stereocenters. The van der Waals surface area contributed by atoms with Gasteiger partial charge in [0.15, 0.2) is 0 Å². The number of carbonyl (C=O) groups is 2. The van der Waals surface area contributed by atoms with E-state index in [2.05, 4.69) is 22.6 Å². The first-order chi connectivity index (χ1) is 9.09. The van der Waals surface area contributed by atoms with Crippen molar-refractivity contribution in [2.75, 3.05) is 4.90 Å². The number of rotatable bonds is 1. The van der Waals surface area contributed by atoms with Crippen molar-refractivity contribution in [3.05, 3.63) is 26.8 Å². The van der Waals surface area contributed by atoms with E-state index >= 15 is 0 Å². The molecule has 0 N–H and O–H groups in total. The van der Waals surface area contributed by atoms with Crippen molar-refractivity contribution in [3.63, 3.8) is 0 Å². The molecule has 2 amide bonds. The van der Waals surface area contributed by atoms with Crippen LogP contribution in [0.15, 0.2) is 18.2 Å². The van der Waals surface area contributed by atoms with Crippen LogP contribution in [0.3, 0.4) is 0 Å². The number of carbonyl (C=O) groups excluding carboxylic acids is 2. The lowest BCUT2D eigenvalue weighted by molar-refractivity contribution is -0.122. The van der Waals surface area contributed by atoms with Crippen molar-refractivity contribution in [3.8, 4) is 0 Å². The molecule has 2 atom stereocenters. The van der Waals surface area contributed by atoms with Gasteiger partial charge in [-0.3, -0.25) is 14.5 Å². The summed E-state index contributed by atoms with van der Waals surface area (Å²) < 4.78 is 0.916. The summed E-state index contributed by atoms with van der Waals surface area (Å²) in [6, 6.07) is 5.33. The maximum Gasteiger partial charge on any atom is 0.237 e. The molecule has 1 aliphatic carbocycles. The Kier molecular flexibility index (Phi) is 3.55.